The summed E-state index contributed by atoms with van der Waals surface area (Å²) in [6.07, 6.45) is 0.202. The number of hydrogen-bond donors (Lipinski definition) is 0. The molecule has 2 atom stereocenters. The first kappa shape index (κ1) is 29.7. The van der Waals surface area contributed by atoms with E-state index in [1.54, 1.807) is 0 Å². The first-order valence-corrected chi connectivity index (χ1v) is 12.2. The number of rotatable bonds is 10. The fourth-order valence-corrected chi connectivity index (χ4v) is 4.43. The summed E-state index contributed by atoms with van der Waals surface area (Å²) in [6, 6.07) is 6.95. The Bertz CT molecular complexity index is 1350. The average Bonchev–Trinajstić information content (AvgIpc) is 2.86. The molecule has 0 bridgehead atoms. The largest absolute Gasteiger partial charge is 0.493 e. The van der Waals surface area contributed by atoms with Crippen LogP contribution in [-0.4, -0.2) is 35.0 Å². The van der Waals surface area contributed by atoms with Gasteiger partial charge in [0.25, 0.3) is 0 Å². The smallest absolute Gasteiger partial charge is 0.309 e. The van der Waals surface area contributed by atoms with Crippen LogP contribution in [0.4, 0.5) is 17.6 Å². The first-order chi connectivity index (χ1) is 18.4. The monoisotopic (exact) mass is 563 g/mol. The van der Waals surface area contributed by atoms with Gasteiger partial charge in [-0.25, -0.2) is 17.6 Å². The van der Waals surface area contributed by atoms with E-state index in [-0.39, 0.29) is 39.6 Å². The minimum Gasteiger partial charge on any atom is -0.493 e. The zero-order valence-electron chi connectivity index (χ0n) is 21.5. The molecular weight excluding hydrogens is 538 g/mol. The number of ether oxygens (including phenoxy) is 3. The lowest BCUT2D eigenvalue weighted by Gasteiger charge is -2.27. The van der Waals surface area contributed by atoms with Crippen LogP contribution in [0, 0.1) is 29.2 Å². The van der Waals surface area contributed by atoms with E-state index in [2.05, 4.69) is 4.98 Å². The number of pyridine rings is 1. The van der Waals surface area contributed by atoms with Crippen molar-refractivity contribution in [1.29, 1.82) is 0 Å². The molecule has 0 saturated heterocycles. The quantitative estimate of drug-likeness (QED) is 0.128. The predicted octanol–water partition coefficient (Wildman–Crippen LogP) is 6.08. The van der Waals surface area contributed by atoms with E-state index in [4.69, 9.17) is 26.4 Å². The zero-order chi connectivity index (χ0) is 28.9. The fourth-order valence-electron chi connectivity index (χ4n) is 4.04. The first-order valence-electron chi connectivity index (χ1n) is 11.8. The highest BCUT2D eigenvalue weighted by Crippen LogP contribution is 2.35. The SMILES string of the molecule is COc1ccnc(C(=S)C[C@@H](C)C(=O)O[C@@H](C)C(c2ccc(F)cc2F)c2ccc(F)cc2F)c1OC(C)=O. The van der Waals surface area contributed by atoms with Gasteiger partial charge in [0.2, 0.25) is 0 Å². The number of methoxy groups -OCH3 is 1. The summed E-state index contributed by atoms with van der Waals surface area (Å²) in [4.78, 5) is 28.9. The number of thiocarbonyl (C=S) groups is 1. The number of carbonyl (C=O) groups is 2. The van der Waals surface area contributed by atoms with Gasteiger partial charge in [-0.1, -0.05) is 31.3 Å². The van der Waals surface area contributed by atoms with Gasteiger partial charge >= 0.3 is 11.9 Å². The molecule has 11 heteroatoms. The molecule has 0 fully saturated rings. The Hall–Kier alpha value is -3.86. The summed E-state index contributed by atoms with van der Waals surface area (Å²) in [5, 5.41) is 0. The van der Waals surface area contributed by atoms with Crippen molar-refractivity contribution in [3.63, 3.8) is 0 Å². The molecule has 0 N–H and O–H groups in total. The van der Waals surface area contributed by atoms with Crippen LogP contribution in [0.5, 0.6) is 11.5 Å². The van der Waals surface area contributed by atoms with Crippen LogP contribution < -0.4 is 9.47 Å². The molecule has 0 aliphatic rings. The van der Waals surface area contributed by atoms with E-state index in [0.717, 1.165) is 24.3 Å². The van der Waals surface area contributed by atoms with Crippen LogP contribution in [0.2, 0.25) is 0 Å². The predicted molar refractivity (Wildman–Crippen MR) is 138 cm³/mol. The Balaban J connectivity index is 1.85. The third-order valence-electron chi connectivity index (χ3n) is 5.86. The van der Waals surface area contributed by atoms with Gasteiger partial charge in [0, 0.05) is 36.2 Å². The molecule has 0 radical (unpaired) electrons. The molecule has 0 unspecified atom stereocenters. The number of carbonyl (C=O) groups excluding carboxylic acids is 2. The van der Waals surface area contributed by atoms with Crippen LogP contribution in [0.1, 0.15) is 49.9 Å². The molecule has 0 amide bonds. The van der Waals surface area contributed by atoms with E-state index in [1.807, 2.05) is 0 Å². The zero-order valence-corrected chi connectivity index (χ0v) is 22.3. The highest BCUT2D eigenvalue weighted by molar-refractivity contribution is 7.80. The van der Waals surface area contributed by atoms with Crippen molar-refractivity contribution in [3.05, 3.63) is 88.8 Å². The van der Waals surface area contributed by atoms with E-state index >= 15 is 0 Å². The topological polar surface area (TPSA) is 74.7 Å². The van der Waals surface area contributed by atoms with Crippen molar-refractivity contribution >= 4 is 29.0 Å². The minimum atomic E-state index is -1.22. The van der Waals surface area contributed by atoms with Crippen molar-refractivity contribution in [2.24, 2.45) is 5.92 Å². The van der Waals surface area contributed by atoms with Gasteiger partial charge in [-0.15, -0.1) is 0 Å². The molecule has 0 saturated carbocycles. The van der Waals surface area contributed by atoms with Crippen LogP contribution in [0.25, 0.3) is 0 Å². The number of benzene rings is 2. The third-order valence-corrected chi connectivity index (χ3v) is 6.22. The molecule has 0 spiro atoms. The summed E-state index contributed by atoms with van der Waals surface area (Å²) >= 11 is 5.45. The Labute approximate surface area is 227 Å². The van der Waals surface area contributed by atoms with Crippen LogP contribution in [0.15, 0.2) is 48.7 Å². The molecular formula is C28H25F4NO5S. The summed E-state index contributed by atoms with van der Waals surface area (Å²) in [5.74, 6) is -6.89. The number of nitrogens with zero attached hydrogens (tertiary/aromatic N) is 1. The minimum absolute atomic E-state index is 0.00469. The lowest BCUT2D eigenvalue weighted by atomic mass is 9.86. The third kappa shape index (κ3) is 7.17. The van der Waals surface area contributed by atoms with Crippen LogP contribution >= 0.6 is 12.2 Å². The molecule has 1 heterocycles. The molecule has 3 rings (SSSR count). The Morgan fingerprint density at radius 1 is 0.949 bits per heavy atom. The summed E-state index contributed by atoms with van der Waals surface area (Å²) in [7, 11) is 1.38. The van der Waals surface area contributed by atoms with Gasteiger partial charge in [0.15, 0.2) is 11.5 Å². The number of esters is 2. The Morgan fingerprint density at radius 3 is 2.00 bits per heavy atom. The van der Waals surface area contributed by atoms with Crippen molar-refractivity contribution in [3.8, 4) is 11.5 Å². The Kier molecular flexibility index (Phi) is 9.74. The summed E-state index contributed by atoms with van der Waals surface area (Å²) < 4.78 is 72.6. The van der Waals surface area contributed by atoms with Crippen molar-refractivity contribution < 1.29 is 41.4 Å². The average molecular weight is 564 g/mol. The molecule has 206 valence electrons. The maximum atomic E-state index is 14.8. The van der Waals surface area contributed by atoms with E-state index < -0.39 is 53.1 Å². The maximum Gasteiger partial charge on any atom is 0.309 e. The second-order valence-electron chi connectivity index (χ2n) is 8.76. The summed E-state index contributed by atoms with van der Waals surface area (Å²) in [6.45, 7) is 4.14. The van der Waals surface area contributed by atoms with Crippen LogP contribution in [-0.2, 0) is 14.3 Å². The number of aromatic nitrogens is 1. The fraction of sp³-hybridized carbons (Fsp3) is 0.286. The van der Waals surface area contributed by atoms with Gasteiger partial charge in [-0.3, -0.25) is 14.6 Å². The lowest BCUT2D eigenvalue weighted by Crippen LogP contribution is -2.29. The summed E-state index contributed by atoms with van der Waals surface area (Å²) in [5.41, 5.74) is -0.152. The highest BCUT2D eigenvalue weighted by Gasteiger charge is 2.32. The molecule has 2 aromatic carbocycles. The van der Waals surface area contributed by atoms with Gasteiger partial charge in [-0.2, -0.15) is 0 Å². The second kappa shape index (κ2) is 12.8. The number of halogens is 4. The van der Waals surface area contributed by atoms with Gasteiger partial charge < -0.3 is 14.2 Å². The van der Waals surface area contributed by atoms with Crippen molar-refractivity contribution in [2.75, 3.05) is 7.11 Å². The van der Waals surface area contributed by atoms with Gasteiger partial charge in [0.1, 0.15) is 35.1 Å². The van der Waals surface area contributed by atoms with Gasteiger partial charge in [-0.05, 0) is 36.6 Å². The van der Waals surface area contributed by atoms with Crippen LogP contribution in [0.3, 0.4) is 0 Å². The molecule has 3 aromatic rings. The maximum absolute atomic E-state index is 14.8. The Morgan fingerprint density at radius 2 is 1.51 bits per heavy atom. The lowest BCUT2D eigenvalue weighted by molar-refractivity contribution is -0.153. The molecule has 6 nitrogen and oxygen atoms in total. The number of hydrogen-bond acceptors (Lipinski definition) is 7. The van der Waals surface area contributed by atoms with Gasteiger partial charge in [0.05, 0.1) is 18.9 Å². The highest BCUT2D eigenvalue weighted by atomic mass is 32.1. The van der Waals surface area contributed by atoms with E-state index in [0.29, 0.717) is 12.1 Å². The van der Waals surface area contributed by atoms with E-state index in [1.165, 1.54) is 40.1 Å². The normalized spacial score (nSPS) is 12.5. The molecule has 1 aromatic heterocycles. The molecule has 39 heavy (non-hydrogen) atoms. The standard InChI is InChI=1S/C28H25F4NO5S/c1-14(11-24(39)26-27(38-16(3)34)23(36-4)9-10-33-26)28(35)37-15(2)25(19-7-5-17(29)12-21(19)31)20-8-6-18(30)13-22(20)32/h5-10,12-15,25H,11H2,1-4H3/t14-,15+/m1/s1. The second-order valence-corrected chi connectivity index (χ2v) is 9.26. The van der Waals surface area contributed by atoms with E-state index in [9.17, 15) is 27.2 Å². The molecule has 0 aliphatic heterocycles. The molecule has 0 aliphatic carbocycles. The van der Waals surface area contributed by atoms with Crippen molar-refractivity contribution in [2.45, 2.75) is 39.2 Å². The van der Waals surface area contributed by atoms with Crippen molar-refractivity contribution in [1.82, 2.24) is 4.98 Å².